The van der Waals surface area contributed by atoms with Gasteiger partial charge in [0, 0.05) is 38.0 Å². The fourth-order valence-corrected chi connectivity index (χ4v) is 2.15. The molecule has 2 atom stereocenters. The summed E-state index contributed by atoms with van der Waals surface area (Å²) in [4.78, 5) is 18.1. The van der Waals surface area contributed by atoms with E-state index in [9.17, 15) is 4.79 Å². The Bertz CT molecular complexity index is 545. The quantitative estimate of drug-likeness (QED) is 0.846. The van der Waals surface area contributed by atoms with Crippen molar-refractivity contribution in [2.75, 3.05) is 20.2 Å². The summed E-state index contributed by atoms with van der Waals surface area (Å²) in [6.07, 6.45) is 4.84. The monoisotopic (exact) mass is 272 g/mol. The lowest BCUT2D eigenvalue weighted by Gasteiger charge is -2.16. The molecule has 1 amide bonds. The first kappa shape index (κ1) is 14.5. The number of hydrogen-bond acceptors (Lipinski definition) is 3. The summed E-state index contributed by atoms with van der Waals surface area (Å²) in [7, 11) is 1.83. The minimum absolute atomic E-state index is 0.0117. The summed E-state index contributed by atoms with van der Waals surface area (Å²) < 4.78 is 0. The second kappa shape index (κ2) is 6.53. The SMILES string of the molecule is CC1CC1CN(C)C(=O)c1cncc(C#CCCO)c1. The van der Waals surface area contributed by atoms with E-state index < -0.39 is 0 Å². The maximum atomic E-state index is 12.3. The average molecular weight is 272 g/mol. The molecule has 4 heteroatoms. The highest BCUT2D eigenvalue weighted by molar-refractivity contribution is 5.94. The summed E-state index contributed by atoms with van der Waals surface area (Å²) in [6, 6.07) is 1.76. The molecule has 106 valence electrons. The molecule has 1 aliphatic carbocycles. The molecule has 1 aromatic rings. The van der Waals surface area contributed by atoms with Crippen LogP contribution in [0, 0.1) is 23.7 Å². The van der Waals surface area contributed by atoms with Crippen LogP contribution in [0.25, 0.3) is 0 Å². The number of hydrogen-bond donors (Lipinski definition) is 1. The molecule has 20 heavy (non-hydrogen) atoms. The molecule has 1 aliphatic rings. The second-order valence-corrected chi connectivity index (χ2v) is 5.40. The summed E-state index contributed by atoms with van der Waals surface area (Å²) in [6.45, 7) is 3.06. The van der Waals surface area contributed by atoms with Crippen molar-refractivity contribution in [3.05, 3.63) is 29.6 Å². The Morgan fingerprint density at radius 2 is 2.30 bits per heavy atom. The Kier molecular flexibility index (Phi) is 4.75. The zero-order valence-corrected chi connectivity index (χ0v) is 12.0. The maximum Gasteiger partial charge on any atom is 0.255 e. The van der Waals surface area contributed by atoms with Crippen LogP contribution in [0.15, 0.2) is 18.5 Å². The summed E-state index contributed by atoms with van der Waals surface area (Å²) in [5.41, 5.74) is 1.27. The van der Waals surface area contributed by atoms with Gasteiger partial charge < -0.3 is 10.0 Å². The average Bonchev–Trinajstić information content (AvgIpc) is 3.14. The van der Waals surface area contributed by atoms with E-state index in [1.165, 1.54) is 6.42 Å². The number of rotatable bonds is 4. The summed E-state index contributed by atoms with van der Waals surface area (Å²) >= 11 is 0. The van der Waals surface area contributed by atoms with E-state index >= 15 is 0 Å². The zero-order valence-electron chi connectivity index (χ0n) is 12.0. The van der Waals surface area contributed by atoms with Crippen LogP contribution in [0.2, 0.25) is 0 Å². The Hall–Kier alpha value is -1.86. The van der Waals surface area contributed by atoms with E-state index in [4.69, 9.17) is 5.11 Å². The van der Waals surface area contributed by atoms with Crippen LogP contribution >= 0.6 is 0 Å². The normalized spacial score (nSPS) is 19.9. The first-order valence-electron chi connectivity index (χ1n) is 6.92. The van der Waals surface area contributed by atoms with E-state index in [0.717, 1.165) is 12.5 Å². The predicted octanol–water partition coefficient (Wildman–Crippen LogP) is 1.54. The van der Waals surface area contributed by atoms with Crippen LogP contribution in [0.3, 0.4) is 0 Å². The molecule has 2 unspecified atom stereocenters. The molecule has 1 saturated carbocycles. The lowest BCUT2D eigenvalue weighted by molar-refractivity contribution is 0.0786. The molecule has 0 saturated heterocycles. The van der Waals surface area contributed by atoms with E-state index in [2.05, 4.69) is 23.7 Å². The molecule has 0 aliphatic heterocycles. The molecule has 1 heterocycles. The van der Waals surface area contributed by atoms with Crippen molar-refractivity contribution >= 4 is 5.91 Å². The minimum Gasteiger partial charge on any atom is -0.395 e. The van der Waals surface area contributed by atoms with Crippen molar-refractivity contribution in [3.8, 4) is 11.8 Å². The largest absolute Gasteiger partial charge is 0.395 e. The highest BCUT2D eigenvalue weighted by atomic mass is 16.2. The van der Waals surface area contributed by atoms with Crippen LogP contribution in [-0.4, -0.2) is 41.1 Å². The topological polar surface area (TPSA) is 53.4 Å². The summed E-state index contributed by atoms with van der Waals surface area (Å²) in [5.74, 6) is 7.09. The molecule has 4 nitrogen and oxygen atoms in total. The number of pyridine rings is 1. The van der Waals surface area contributed by atoms with Gasteiger partial charge in [0.2, 0.25) is 0 Å². The minimum atomic E-state index is -0.0117. The third kappa shape index (κ3) is 3.82. The summed E-state index contributed by atoms with van der Waals surface area (Å²) in [5, 5.41) is 8.69. The Morgan fingerprint density at radius 3 is 2.95 bits per heavy atom. The smallest absolute Gasteiger partial charge is 0.255 e. The van der Waals surface area contributed by atoms with Gasteiger partial charge in [-0.25, -0.2) is 0 Å². The standard InChI is InChI=1S/C16H20N2O2/c1-12-7-15(12)11-18(2)16(20)14-8-13(9-17-10-14)5-3-4-6-19/h8-10,12,15,19H,4,6-7,11H2,1-2H3. The fraction of sp³-hybridized carbons (Fsp3) is 0.500. The van der Waals surface area contributed by atoms with E-state index in [-0.39, 0.29) is 12.5 Å². The molecule has 0 spiro atoms. The van der Waals surface area contributed by atoms with Crippen LogP contribution < -0.4 is 0 Å². The third-order valence-corrected chi connectivity index (χ3v) is 3.59. The maximum absolute atomic E-state index is 12.3. The van der Waals surface area contributed by atoms with Gasteiger partial charge in [-0.05, 0) is 24.3 Å². The van der Waals surface area contributed by atoms with E-state index in [0.29, 0.717) is 23.5 Å². The number of aliphatic hydroxyl groups is 1. The lowest BCUT2D eigenvalue weighted by atomic mass is 10.2. The number of carbonyl (C=O) groups is 1. The van der Waals surface area contributed by atoms with Gasteiger partial charge >= 0.3 is 0 Å². The van der Waals surface area contributed by atoms with Gasteiger partial charge in [0.25, 0.3) is 5.91 Å². The van der Waals surface area contributed by atoms with Crippen LogP contribution in [0.5, 0.6) is 0 Å². The van der Waals surface area contributed by atoms with Gasteiger partial charge in [0.1, 0.15) is 0 Å². The molecule has 1 N–H and O–H groups in total. The van der Waals surface area contributed by atoms with Crippen LogP contribution in [0.4, 0.5) is 0 Å². The first-order valence-corrected chi connectivity index (χ1v) is 6.92. The first-order chi connectivity index (χ1) is 9.61. The van der Waals surface area contributed by atoms with Crippen LogP contribution in [0.1, 0.15) is 35.7 Å². The number of aliphatic hydroxyl groups excluding tert-OH is 1. The van der Waals surface area contributed by atoms with Crippen molar-refractivity contribution in [3.63, 3.8) is 0 Å². The molecule has 0 aromatic carbocycles. The number of nitrogens with zero attached hydrogens (tertiary/aromatic N) is 2. The molecule has 2 rings (SSSR count). The van der Waals surface area contributed by atoms with Crippen molar-refractivity contribution in [2.24, 2.45) is 11.8 Å². The number of carbonyl (C=O) groups excluding carboxylic acids is 1. The highest BCUT2D eigenvalue weighted by Crippen LogP contribution is 2.38. The van der Waals surface area contributed by atoms with Crippen molar-refractivity contribution in [1.29, 1.82) is 0 Å². The Morgan fingerprint density at radius 1 is 1.55 bits per heavy atom. The second-order valence-electron chi connectivity index (χ2n) is 5.40. The van der Waals surface area contributed by atoms with Crippen LogP contribution in [-0.2, 0) is 0 Å². The highest BCUT2D eigenvalue weighted by Gasteiger charge is 2.34. The number of amides is 1. The Balaban J connectivity index is 2.02. The molecule has 1 aromatic heterocycles. The molecule has 0 bridgehead atoms. The molecular formula is C16H20N2O2. The number of aromatic nitrogens is 1. The van der Waals surface area contributed by atoms with Crippen molar-refractivity contribution < 1.29 is 9.90 Å². The van der Waals surface area contributed by atoms with E-state index in [1.54, 1.807) is 23.4 Å². The predicted molar refractivity (Wildman–Crippen MR) is 77.0 cm³/mol. The Labute approximate surface area is 119 Å². The fourth-order valence-electron chi connectivity index (χ4n) is 2.15. The van der Waals surface area contributed by atoms with Gasteiger partial charge in [-0.1, -0.05) is 18.8 Å². The lowest BCUT2D eigenvalue weighted by Crippen LogP contribution is -2.29. The van der Waals surface area contributed by atoms with Crippen molar-refractivity contribution in [2.45, 2.75) is 19.8 Å². The zero-order chi connectivity index (χ0) is 14.5. The molecular weight excluding hydrogens is 252 g/mol. The van der Waals surface area contributed by atoms with Gasteiger partial charge in [0.05, 0.1) is 12.2 Å². The van der Waals surface area contributed by atoms with Crippen molar-refractivity contribution in [1.82, 2.24) is 9.88 Å². The molecule has 0 radical (unpaired) electrons. The molecule has 1 fully saturated rings. The third-order valence-electron chi connectivity index (χ3n) is 3.59. The van der Waals surface area contributed by atoms with Gasteiger partial charge in [-0.3, -0.25) is 9.78 Å². The van der Waals surface area contributed by atoms with Gasteiger partial charge in [-0.15, -0.1) is 0 Å². The van der Waals surface area contributed by atoms with Gasteiger partial charge in [-0.2, -0.15) is 0 Å². The van der Waals surface area contributed by atoms with Gasteiger partial charge in [0.15, 0.2) is 0 Å². The van der Waals surface area contributed by atoms with E-state index in [1.807, 2.05) is 7.05 Å².